The largest absolute Gasteiger partial charge is 0.479 e. The number of carbonyl (C=O) groups is 2. The van der Waals surface area contributed by atoms with Crippen LogP contribution in [0.2, 0.25) is 0 Å². The highest BCUT2D eigenvalue weighted by atomic mass is 32.2. The first-order valence-electron chi connectivity index (χ1n) is 11.1. The highest BCUT2D eigenvalue weighted by Gasteiger charge is 2.33. The second-order valence-corrected chi connectivity index (χ2v) is 10.4. The van der Waals surface area contributed by atoms with E-state index in [0.717, 1.165) is 5.56 Å². The van der Waals surface area contributed by atoms with Crippen molar-refractivity contribution in [2.45, 2.75) is 37.3 Å². The predicted molar refractivity (Wildman–Crippen MR) is 121 cm³/mol. The van der Waals surface area contributed by atoms with Gasteiger partial charge in [0.25, 0.3) is 5.91 Å². The van der Waals surface area contributed by atoms with Crippen LogP contribution in [-0.2, 0) is 26.2 Å². The summed E-state index contributed by atoms with van der Waals surface area (Å²) in [6, 6.07) is 9.96. The molecule has 0 aromatic heterocycles. The fraction of sp³-hybridized carbons (Fsp3) is 0.391. The molecule has 0 spiro atoms. The van der Waals surface area contributed by atoms with Gasteiger partial charge in [-0.15, -0.1) is 0 Å². The van der Waals surface area contributed by atoms with E-state index in [1.165, 1.54) is 16.4 Å². The molecule has 1 atom stereocenters. The van der Waals surface area contributed by atoms with Crippen molar-refractivity contribution in [3.63, 3.8) is 0 Å². The van der Waals surface area contributed by atoms with E-state index < -0.39 is 16.1 Å². The van der Waals surface area contributed by atoms with Gasteiger partial charge >= 0.3 is 0 Å². The molecule has 0 unspecified atom stereocenters. The molecule has 1 fully saturated rings. The Hall–Kier alpha value is -3.31. The normalized spacial score (nSPS) is 20.3. The highest BCUT2D eigenvalue weighted by Crippen LogP contribution is 2.34. The molecule has 5 rings (SSSR count). The molecule has 2 aromatic carbocycles. The first kappa shape index (κ1) is 22.5. The molecule has 2 amide bonds. The van der Waals surface area contributed by atoms with E-state index >= 15 is 0 Å². The third-order valence-corrected chi connectivity index (χ3v) is 8.14. The number of ether oxygens (including phenoxy) is 3. The molecular formula is C23H25N3O7S. The van der Waals surface area contributed by atoms with Gasteiger partial charge in [-0.05, 0) is 55.7 Å². The van der Waals surface area contributed by atoms with E-state index in [0.29, 0.717) is 42.3 Å². The standard InChI is InChI=1S/C23H25N3O7S/c1-14-22(27)25-18-11-17(3-5-19(18)33-14)34(29,30)26-8-6-16(7-9-26)23(28)24-12-15-2-4-20-21(10-15)32-13-31-20/h2-5,10-11,14,16H,6-9,12-13H2,1H3,(H,24,28)(H,25,27)/t14-/m0/s1. The number of nitrogens with zero attached hydrogens (tertiary/aromatic N) is 1. The maximum absolute atomic E-state index is 13.1. The number of benzene rings is 2. The van der Waals surface area contributed by atoms with Gasteiger partial charge in [-0.3, -0.25) is 9.59 Å². The van der Waals surface area contributed by atoms with Crippen molar-refractivity contribution in [2.24, 2.45) is 5.92 Å². The monoisotopic (exact) mass is 487 g/mol. The molecule has 0 aliphatic carbocycles. The van der Waals surface area contributed by atoms with E-state index in [9.17, 15) is 18.0 Å². The molecular weight excluding hydrogens is 462 g/mol. The number of hydrogen-bond donors (Lipinski definition) is 2. The smallest absolute Gasteiger partial charge is 0.265 e. The van der Waals surface area contributed by atoms with Crippen molar-refractivity contribution >= 4 is 27.5 Å². The first-order chi connectivity index (χ1) is 16.3. The van der Waals surface area contributed by atoms with Crippen LogP contribution in [0.3, 0.4) is 0 Å². The van der Waals surface area contributed by atoms with Crippen LogP contribution in [0.5, 0.6) is 17.2 Å². The van der Waals surface area contributed by atoms with Crippen molar-refractivity contribution < 1.29 is 32.2 Å². The second kappa shape index (κ2) is 8.80. The Balaban J connectivity index is 1.18. The third-order valence-electron chi connectivity index (χ3n) is 6.25. The van der Waals surface area contributed by atoms with Gasteiger partial charge in [-0.25, -0.2) is 8.42 Å². The maximum Gasteiger partial charge on any atom is 0.265 e. The lowest BCUT2D eigenvalue weighted by atomic mass is 9.97. The molecule has 3 heterocycles. The predicted octanol–water partition coefficient (Wildman–Crippen LogP) is 1.85. The van der Waals surface area contributed by atoms with Gasteiger partial charge in [0.2, 0.25) is 22.7 Å². The summed E-state index contributed by atoms with van der Waals surface area (Å²) >= 11 is 0. The van der Waals surface area contributed by atoms with Crippen LogP contribution in [0.1, 0.15) is 25.3 Å². The van der Waals surface area contributed by atoms with Crippen molar-refractivity contribution in [1.29, 1.82) is 0 Å². The number of rotatable bonds is 5. The summed E-state index contributed by atoms with van der Waals surface area (Å²) in [4.78, 5) is 24.6. The van der Waals surface area contributed by atoms with Gasteiger partial charge in [-0.1, -0.05) is 6.07 Å². The number of hydrogen-bond acceptors (Lipinski definition) is 7. The van der Waals surface area contributed by atoms with E-state index in [-0.39, 0.29) is 42.5 Å². The van der Waals surface area contributed by atoms with Crippen LogP contribution >= 0.6 is 0 Å². The average Bonchev–Trinajstić information content (AvgIpc) is 3.31. The summed E-state index contributed by atoms with van der Waals surface area (Å²) in [6.07, 6.45) is 0.216. The quantitative estimate of drug-likeness (QED) is 0.660. The number of amides is 2. The molecule has 1 saturated heterocycles. The van der Waals surface area contributed by atoms with E-state index in [2.05, 4.69) is 10.6 Å². The molecule has 0 radical (unpaired) electrons. The zero-order chi connectivity index (χ0) is 23.9. The molecule has 34 heavy (non-hydrogen) atoms. The number of sulfonamides is 1. The Morgan fingerprint density at radius 1 is 1.09 bits per heavy atom. The highest BCUT2D eigenvalue weighted by molar-refractivity contribution is 7.89. The minimum atomic E-state index is -3.77. The number of fused-ring (bicyclic) bond motifs is 2. The SMILES string of the molecule is C[C@@H]1Oc2ccc(S(=O)(=O)N3CCC(C(=O)NCc4ccc5c(c4)OCO5)CC3)cc2NC1=O. The van der Waals surface area contributed by atoms with Gasteiger partial charge < -0.3 is 24.8 Å². The summed E-state index contributed by atoms with van der Waals surface area (Å²) < 4.78 is 43.8. The molecule has 2 N–H and O–H groups in total. The summed E-state index contributed by atoms with van der Waals surface area (Å²) in [7, 11) is -3.77. The Labute approximate surface area is 197 Å². The van der Waals surface area contributed by atoms with Crippen LogP contribution in [0.15, 0.2) is 41.3 Å². The minimum Gasteiger partial charge on any atom is -0.479 e. The summed E-state index contributed by atoms with van der Waals surface area (Å²) in [6.45, 7) is 2.65. The fourth-order valence-corrected chi connectivity index (χ4v) is 5.74. The Morgan fingerprint density at radius 3 is 2.62 bits per heavy atom. The first-order valence-corrected chi connectivity index (χ1v) is 12.5. The molecule has 10 nitrogen and oxygen atoms in total. The fourth-order valence-electron chi connectivity index (χ4n) is 4.24. The summed E-state index contributed by atoms with van der Waals surface area (Å²) in [5.41, 5.74) is 1.23. The van der Waals surface area contributed by atoms with Gasteiger partial charge in [0.1, 0.15) is 5.75 Å². The van der Waals surface area contributed by atoms with Crippen molar-refractivity contribution in [1.82, 2.24) is 9.62 Å². The molecule has 11 heteroatoms. The minimum absolute atomic E-state index is 0.0791. The van der Waals surface area contributed by atoms with Crippen LogP contribution in [0.4, 0.5) is 5.69 Å². The molecule has 3 aliphatic heterocycles. The van der Waals surface area contributed by atoms with Crippen LogP contribution < -0.4 is 24.8 Å². The second-order valence-electron chi connectivity index (χ2n) is 8.49. The van der Waals surface area contributed by atoms with E-state index in [1.807, 2.05) is 18.2 Å². The Kier molecular flexibility index (Phi) is 5.82. The summed E-state index contributed by atoms with van der Waals surface area (Å²) in [5, 5.41) is 5.60. The lowest BCUT2D eigenvalue weighted by Crippen LogP contribution is -2.43. The van der Waals surface area contributed by atoms with Crippen LogP contribution in [0, 0.1) is 5.92 Å². The molecule has 0 saturated carbocycles. The lowest BCUT2D eigenvalue weighted by Gasteiger charge is -2.31. The zero-order valence-corrected chi connectivity index (χ0v) is 19.4. The maximum atomic E-state index is 13.1. The van der Waals surface area contributed by atoms with Crippen molar-refractivity contribution in [3.8, 4) is 17.2 Å². The van der Waals surface area contributed by atoms with Gasteiger partial charge in [0.15, 0.2) is 17.6 Å². The number of nitrogens with one attached hydrogen (secondary N) is 2. The number of piperidine rings is 1. The van der Waals surface area contributed by atoms with Crippen molar-refractivity contribution in [3.05, 3.63) is 42.0 Å². The Bertz CT molecular complexity index is 1240. The molecule has 180 valence electrons. The molecule has 0 bridgehead atoms. The van der Waals surface area contributed by atoms with E-state index in [4.69, 9.17) is 14.2 Å². The number of anilines is 1. The lowest BCUT2D eigenvalue weighted by molar-refractivity contribution is -0.126. The topological polar surface area (TPSA) is 123 Å². The summed E-state index contributed by atoms with van der Waals surface area (Å²) in [5.74, 6) is 1.09. The van der Waals surface area contributed by atoms with Gasteiger partial charge in [-0.2, -0.15) is 4.31 Å². The Morgan fingerprint density at radius 2 is 1.82 bits per heavy atom. The molecule has 3 aliphatic rings. The third kappa shape index (κ3) is 4.28. The van der Waals surface area contributed by atoms with Gasteiger partial charge in [0.05, 0.1) is 10.6 Å². The van der Waals surface area contributed by atoms with Crippen molar-refractivity contribution in [2.75, 3.05) is 25.2 Å². The zero-order valence-electron chi connectivity index (χ0n) is 18.6. The van der Waals surface area contributed by atoms with E-state index in [1.54, 1.807) is 13.0 Å². The average molecular weight is 488 g/mol. The van der Waals surface area contributed by atoms with Crippen LogP contribution in [-0.4, -0.2) is 50.5 Å². The van der Waals surface area contributed by atoms with Gasteiger partial charge in [0, 0.05) is 25.6 Å². The van der Waals surface area contributed by atoms with Crippen LogP contribution in [0.25, 0.3) is 0 Å². The number of carbonyl (C=O) groups excluding carboxylic acids is 2. The molecule has 2 aromatic rings.